The molecule has 5 nitrogen and oxygen atoms in total. The molecule has 0 atom stereocenters. The molecule has 0 amide bonds. The standard InChI is InChI=1S/C14H17N3O2/c1-16(2)11-4-5-12-10(8-11)6-7-15-14(12)17(3)9-13(18)19/h4-8H,9H2,1-3H3,(H,18,19). The van der Waals surface area contributed by atoms with Crippen LogP contribution in [0.5, 0.6) is 0 Å². The average Bonchev–Trinajstić information content (AvgIpc) is 2.36. The number of aromatic nitrogens is 1. The first-order valence-electron chi connectivity index (χ1n) is 5.98. The first kappa shape index (κ1) is 13.1. The number of hydrogen-bond acceptors (Lipinski definition) is 4. The molecule has 5 heteroatoms. The number of hydrogen-bond donors (Lipinski definition) is 1. The molecule has 0 saturated carbocycles. The minimum Gasteiger partial charge on any atom is -0.480 e. The lowest BCUT2D eigenvalue weighted by atomic mass is 10.1. The van der Waals surface area contributed by atoms with E-state index in [-0.39, 0.29) is 6.54 Å². The molecule has 0 aliphatic rings. The Balaban J connectivity index is 2.48. The van der Waals surface area contributed by atoms with Gasteiger partial charge in [-0.25, -0.2) is 4.98 Å². The maximum absolute atomic E-state index is 10.8. The van der Waals surface area contributed by atoms with Gasteiger partial charge in [-0.15, -0.1) is 0 Å². The zero-order valence-electron chi connectivity index (χ0n) is 11.3. The van der Waals surface area contributed by atoms with E-state index >= 15 is 0 Å². The van der Waals surface area contributed by atoms with E-state index in [4.69, 9.17) is 5.11 Å². The normalized spacial score (nSPS) is 10.5. The third-order valence-corrected chi connectivity index (χ3v) is 2.98. The van der Waals surface area contributed by atoms with Crippen LogP contribution in [0.1, 0.15) is 0 Å². The highest BCUT2D eigenvalue weighted by molar-refractivity contribution is 5.95. The summed E-state index contributed by atoms with van der Waals surface area (Å²) in [5.74, 6) is -0.184. The van der Waals surface area contributed by atoms with E-state index in [0.717, 1.165) is 16.5 Å². The predicted octanol–water partition coefficient (Wildman–Crippen LogP) is 1.82. The Hall–Kier alpha value is -2.30. The van der Waals surface area contributed by atoms with Gasteiger partial charge in [0.2, 0.25) is 0 Å². The van der Waals surface area contributed by atoms with Crippen LogP contribution in [-0.2, 0) is 4.79 Å². The Morgan fingerprint density at radius 2 is 2.00 bits per heavy atom. The highest BCUT2D eigenvalue weighted by atomic mass is 16.4. The van der Waals surface area contributed by atoms with Crippen LogP contribution in [-0.4, -0.2) is 43.7 Å². The minimum atomic E-state index is -0.869. The van der Waals surface area contributed by atoms with Crippen molar-refractivity contribution in [1.29, 1.82) is 0 Å². The van der Waals surface area contributed by atoms with Crippen LogP contribution >= 0.6 is 0 Å². The lowest BCUT2D eigenvalue weighted by Gasteiger charge is -2.19. The molecule has 0 fully saturated rings. The van der Waals surface area contributed by atoms with Gasteiger partial charge in [-0.1, -0.05) is 0 Å². The van der Waals surface area contributed by atoms with Crippen LogP contribution in [0.3, 0.4) is 0 Å². The summed E-state index contributed by atoms with van der Waals surface area (Å²) in [6.07, 6.45) is 1.70. The van der Waals surface area contributed by atoms with Crippen molar-refractivity contribution in [3.8, 4) is 0 Å². The van der Waals surface area contributed by atoms with Crippen LogP contribution in [0.2, 0.25) is 0 Å². The summed E-state index contributed by atoms with van der Waals surface area (Å²) in [6.45, 7) is -0.0679. The molecule has 1 N–H and O–H groups in total. The minimum absolute atomic E-state index is 0.0679. The van der Waals surface area contributed by atoms with Gasteiger partial charge in [0, 0.05) is 38.4 Å². The summed E-state index contributed by atoms with van der Waals surface area (Å²) < 4.78 is 0. The SMILES string of the molecule is CN(C)c1ccc2c(N(C)CC(=O)O)nccc2c1. The Bertz CT molecular complexity index is 611. The molecule has 0 aliphatic heterocycles. The van der Waals surface area contributed by atoms with Gasteiger partial charge in [0.15, 0.2) is 0 Å². The number of likely N-dealkylation sites (N-methyl/N-ethyl adjacent to an activating group) is 1. The Morgan fingerprint density at radius 1 is 1.26 bits per heavy atom. The molecule has 1 heterocycles. The summed E-state index contributed by atoms with van der Waals surface area (Å²) in [7, 11) is 5.70. The summed E-state index contributed by atoms with van der Waals surface area (Å²) in [5.41, 5.74) is 1.10. The van der Waals surface area contributed by atoms with Crippen molar-refractivity contribution < 1.29 is 9.90 Å². The van der Waals surface area contributed by atoms with E-state index < -0.39 is 5.97 Å². The van der Waals surface area contributed by atoms with E-state index in [1.165, 1.54) is 0 Å². The zero-order valence-corrected chi connectivity index (χ0v) is 11.3. The van der Waals surface area contributed by atoms with Gasteiger partial charge in [-0.05, 0) is 29.7 Å². The second-order valence-corrected chi connectivity index (χ2v) is 4.68. The van der Waals surface area contributed by atoms with Gasteiger partial charge in [-0.3, -0.25) is 4.79 Å². The number of nitrogens with zero attached hydrogens (tertiary/aromatic N) is 3. The summed E-state index contributed by atoms with van der Waals surface area (Å²) in [5, 5.41) is 10.9. The second kappa shape index (κ2) is 5.14. The molecular formula is C14H17N3O2. The maximum atomic E-state index is 10.8. The molecule has 0 aliphatic carbocycles. The fourth-order valence-electron chi connectivity index (χ4n) is 2.01. The molecule has 0 radical (unpaired) electrons. The van der Waals surface area contributed by atoms with E-state index in [9.17, 15) is 4.79 Å². The van der Waals surface area contributed by atoms with Crippen molar-refractivity contribution in [3.63, 3.8) is 0 Å². The molecular weight excluding hydrogens is 242 g/mol. The lowest BCUT2D eigenvalue weighted by Crippen LogP contribution is -2.26. The fraction of sp³-hybridized carbons (Fsp3) is 0.286. The molecule has 2 aromatic rings. The Kier molecular flexibility index (Phi) is 3.55. The summed E-state index contributed by atoms with van der Waals surface area (Å²) >= 11 is 0. The predicted molar refractivity (Wildman–Crippen MR) is 77.0 cm³/mol. The van der Waals surface area contributed by atoms with Crippen molar-refractivity contribution in [2.45, 2.75) is 0 Å². The second-order valence-electron chi connectivity index (χ2n) is 4.68. The zero-order chi connectivity index (χ0) is 14.0. The van der Waals surface area contributed by atoms with Crippen LogP contribution < -0.4 is 9.80 Å². The van der Waals surface area contributed by atoms with Crippen molar-refractivity contribution >= 4 is 28.2 Å². The number of anilines is 2. The van der Waals surface area contributed by atoms with Crippen LogP contribution in [0.4, 0.5) is 11.5 Å². The Labute approximate surface area is 112 Å². The number of carbonyl (C=O) groups is 1. The molecule has 100 valence electrons. The molecule has 19 heavy (non-hydrogen) atoms. The van der Waals surface area contributed by atoms with Crippen LogP contribution in [0.25, 0.3) is 10.8 Å². The van der Waals surface area contributed by atoms with Gasteiger partial charge in [0.1, 0.15) is 12.4 Å². The van der Waals surface area contributed by atoms with E-state index in [1.807, 2.05) is 37.2 Å². The largest absolute Gasteiger partial charge is 0.480 e. The number of fused-ring (bicyclic) bond motifs is 1. The van der Waals surface area contributed by atoms with Crippen LogP contribution in [0.15, 0.2) is 30.5 Å². The molecule has 1 aromatic heterocycles. The molecule has 0 spiro atoms. The smallest absolute Gasteiger partial charge is 0.323 e. The van der Waals surface area contributed by atoms with Gasteiger partial charge >= 0.3 is 5.97 Å². The van der Waals surface area contributed by atoms with E-state index in [2.05, 4.69) is 11.1 Å². The number of carboxylic acid groups (broad SMARTS) is 1. The first-order chi connectivity index (χ1) is 8.99. The highest BCUT2D eigenvalue weighted by Crippen LogP contribution is 2.27. The van der Waals surface area contributed by atoms with Crippen molar-refractivity contribution in [2.24, 2.45) is 0 Å². The summed E-state index contributed by atoms with van der Waals surface area (Å²) in [6, 6.07) is 7.98. The van der Waals surface area contributed by atoms with Gasteiger partial charge < -0.3 is 14.9 Å². The van der Waals surface area contributed by atoms with Crippen LogP contribution in [0, 0.1) is 0 Å². The highest BCUT2D eigenvalue weighted by Gasteiger charge is 2.11. The van der Waals surface area contributed by atoms with Crippen molar-refractivity contribution in [1.82, 2.24) is 4.98 Å². The topological polar surface area (TPSA) is 56.7 Å². The number of benzene rings is 1. The average molecular weight is 259 g/mol. The Morgan fingerprint density at radius 3 is 2.63 bits per heavy atom. The summed E-state index contributed by atoms with van der Waals surface area (Å²) in [4.78, 5) is 18.7. The first-order valence-corrected chi connectivity index (χ1v) is 5.98. The van der Waals surface area contributed by atoms with E-state index in [0.29, 0.717) is 5.82 Å². The van der Waals surface area contributed by atoms with Crippen molar-refractivity contribution in [3.05, 3.63) is 30.5 Å². The molecule has 1 aromatic carbocycles. The third-order valence-electron chi connectivity index (χ3n) is 2.98. The maximum Gasteiger partial charge on any atom is 0.323 e. The molecule has 0 bridgehead atoms. The van der Waals surface area contributed by atoms with E-state index in [1.54, 1.807) is 18.1 Å². The fourth-order valence-corrected chi connectivity index (χ4v) is 2.01. The number of rotatable bonds is 4. The third kappa shape index (κ3) is 2.76. The van der Waals surface area contributed by atoms with Gasteiger partial charge in [0.25, 0.3) is 0 Å². The molecule has 0 unspecified atom stereocenters. The quantitative estimate of drug-likeness (QED) is 0.907. The molecule has 0 saturated heterocycles. The van der Waals surface area contributed by atoms with Crippen molar-refractivity contribution in [2.75, 3.05) is 37.5 Å². The van der Waals surface area contributed by atoms with Gasteiger partial charge in [0.05, 0.1) is 0 Å². The monoisotopic (exact) mass is 259 g/mol. The molecule has 2 rings (SSSR count). The number of carboxylic acids is 1. The number of aliphatic carboxylic acids is 1. The van der Waals surface area contributed by atoms with Gasteiger partial charge in [-0.2, -0.15) is 0 Å². The number of pyridine rings is 1. The lowest BCUT2D eigenvalue weighted by molar-refractivity contribution is -0.135.